The summed E-state index contributed by atoms with van der Waals surface area (Å²) in [6.45, 7) is 0. The molecule has 5 nitrogen and oxygen atoms in total. The Kier molecular flexibility index (Phi) is 4.03. The Hall–Kier alpha value is -0.640. The van der Waals surface area contributed by atoms with E-state index >= 15 is 0 Å². The van der Waals surface area contributed by atoms with Crippen molar-refractivity contribution in [2.45, 2.75) is 12.8 Å². The van der Waals surface area contributed by atoms with Gasteiger partial charge in [0.15, 0.2) is 0 Å². The third-order valence-corrected chi connectivity index (χ3v) is 1.42. The second kappa shape index (κ2) is 4.28. The van der Waals surface area contributed by atoms with Crippen LogP contribution >= 0.6 is 7.60 Å². The van der Waals surface area contributed by atoms with E-state index < -0.39 is 13.6 Å². The van der Waals surface area contributed by atoms with Gasteiger partial charge in [0.1, 0.15) is 0 Å². The van der Waals surface area contributed by atoms with Crippen LogP contribution in [-0.4, -0.2) is 20.9 Å². The summed E-state index contributed by atoms with van der Waals surface area (Å²) >= 11 is 0. The molecule has 0 aliphatic rings. The number of hydrogen-bond acceptors (Lipinski definition) is 2. The number of allylic oxidation sites excluding steroid dienone is 1. The standard InChI is InChI=1S/C5H9O5P/c6-5(7)3-1-2-4-11(8,9)10/h2,4H,1,3H2,(H,6,7)(H2,8,9,10). The normalized spacial score (nSPS) is 12.2. The van der Waals surface area contributed by atoms with Gasteiger partial charge in [0.05, 0.1) is 0 Å². The van der Waals surface area contributed by atoms with Crippen molar-refractivity contribution in [3.8, 4) is 0 Å². The van der Waals surface area contributed by atoms with E-state index in [1.165, 1.54) is 0 Å². The van der Waals surface area contributed by atoms with Gasteiger partial charge in [-0.3, -0.25) is 9.36 Å². The maximum atomic E-state index is 10.1. The number of aliphatic carboxylic acids is 1. The molecule has 0 aromatic heterocycles. The van der Waals surface area contributed by atoms with Gasteiger partial charge in [-0.1, -0.05) is 6.08 Å². The average molecular weight is 180 g/mol. The lowest BCUT2D eigenvalue weighted by atomic mass is 10.3. The van der Waals surface area contributed by atoms with Crippen LogP contribution in [0.5, 0.6) is 0 Å². The van der Waals surface area contributed by atoms with Gasteiger partial charge in [0.25, 0.3) is 0 Å². The minimum atomic E-state index is -4.10. The molecule has 0 radical (unpaired) electrons. The SMILES string of the molecule is O=C(O)CCC=CP(=O)(O)O. The van der Waals surface area contributed by atoms with E-state index in [0.717, 1.165) is 6.08 Å². The van der Waals surface area contributed by atoms with Crippen LogP contribution in [0.4, 0.5) is 0 Å². The Bertz CT molecular complexity index is 203. The zero-order valence-corrected chi connectivity index (χ0v) is 6.57. The van der Waals surface area contributed by atoms with E-state index in [2.05, 4.69) is 0 Å². The van der Waals surface area contributed by atoms with E-state index in [4.69, 9.17) is 14.9 Å². The third-order valence-electron chi connectivity index (χ3n) is 0.824. The highest BCUT2D eigenvalue weighted by atomic mass is 31.2. The van der Waals surface area contributed by atoms with Gasteiger partial charge in [0.2, 0.25) is 0 Å². The van der Waals surface area contributed by atoms with Crippen LogP contribution < -0.4 is 0 Å². The number of carboxylic acids is 1. The van der Waals surface area contributed by atoms with Crippen molar-refractivity contribution in [2.75, 3.05) is 0 Å². The highest BCUT2D eigenvalue weighted by Gasteiger charge is 2.04. The summed E-state index contributed by atoms with van der Waals surface area (Å²) in [5.41, 5.74) is 0. The van der Waals surface area contributed by atoms with Crippen molar-refractivity contribution in [3.63, 3.8) is 0 Å². The molecule has 0 fully saturated rings. The molecule has 0 saturated carbocycles. The van der Waals surface area contributed by atoms with Crippen molar-refractivity contribution in [2.24, 2.45) is 0 Å². The molecule has 0 unspecified atom stereocenters. The predicted molar refractivity (Wildman–Crippen MR) is 38.1 cm³/mol. The fourth-order valence-corrected chi connectivity index (χ4v) is 0.842. The molecule has 11 heavy (non-hydrogen) atoms. The smallest absolute Gasteiger partial charge is 0.348 e. The van der Waals surface area contributed by atoms with Gasteiger partial charge >= 0.3 is 13.6 Å². The van der Waals surface area contributed by atoms with Gasteiger partial charge in [-0.2, -0.15) is 0 Å². The summed E-state index contributed by atoms with van der Waals surface area (Å²) in [5, 5.41) is 8.11. The first-order chi connectivity index (χ1) is 4.92. The van der Waals surface area contributed by atoms with Crippen LogP contribution in [0, 0.1) is 0 Å². The molecule has 0 atom stereocenters. The molecule has 0 aromatic carbocycles. The first-order valence-electron chi connectivity index (χ1n) is 2.86. The first kappa shape index (κ1) is 10.4. The lowest BCUT2D eigenvalue weighted by Crippen LogP contribution is -1.91. The number of rotatable bonds is 4. The molecule has 0 spiro atoms. The lowest BCUT2D eigenvalue weighted by molar-refractivity contribution is -0.136. The van der Waals surface area contributed by atoms with E-state index in [9.17, 15) is 9.36 Å². The number of carboxylic acid groups (broad SMARTS) is 1. The van der Waals surface area contributed by atoms with Gasteiger partial charge in [0, 0.05) is 12.2 Å². The minimum absolute atomic E-state index is 0.115. The maximum absolute atomic E-state index is 10.1. The molecule has 0 heterocycles. The number of carbonyl (C=O) groups is 1. The summed E-state index contributed by atoms with van der Waals surface area (Å²) in [7, 11) is -4.10. The van der Waals surface area contributed by atoms with Crippen molar-refractivity contribution in [1.29, 1.82) is 0 Å². The van der Waals surface area contributed by atoms with E-state index in [0.29, 0.717) is 5.82 Å². The molecule has 0 saturated heterocycles. The Labute approximate surface area is 63.5 Å². The van der Waals surface area contributed by atoms with E-state index in [1.807, 2.05) is 0 Å². The first-order valence-corrected chi connectivity index (χ1v) is 4.55. The zero-order valence-electron chi connectivity index (χ0n) is 5.67. The quantitative estimate of drug-likeness (QED) is 0.549. The van der Waals surface area contributed by atoms with Crippen LogP contribution in [0.15, 0.2) is 11.9 Å². The van der Waals surface area contributed by atoms with E-state index in [1.54, 1.807) is 0 Å². The summed E-state index contributed by atoms with van der Waals surface area (Å²) in [6, 6.07) is 0. The van der Waals surface area contributed by atoms with Crippen molar-refractivity contribution in [1.82, 2.24) is 0 Å². The van der Waals surface area contributed by atoms with Gasteiger partial charge in [-0.15, -0.1) is 0 Å². The van der Waals surface area contributed by atoms with E-state index in [-0.39, 0.29) is 12.8 Å². The molecule has 6 heteroatoms. The predicted octanol–water partition coefficient (Wildman–Crippen LogP) is 0.543. The molecule has 3 N–H and O–H groups in total. The molecule has 0 aromatic rings. The second-order valence-electron chi connectivity index (χ2n) is 1.91. The van der Waals surface area contributed by atoms with Crippen molar-refractivity contribution >= 4 is 13.6 Å². The van der Waals surface area contributed by atoms with Crippen LogP contribution in [0.3, 0.4) is 0 Å². The highest BCUT2D eigenvalue weighted by Crippen LogP contribution is 2.35. The monoisotopic (exact) mass is 180 g/mol. The molecule has 0 rings (SSSR count). The maximum Gasteiger partial charge on any atom is 0.348 e. The second-order valence-corrected chi connectivity index (χ2v) is 3.38. The summed E-state index contributed by atoms with van der Waals surface area (Å²) in [6.07, 6.45) is 1.19. The topological polar surface area (TPSA) is 94.8 Å². The molecule has 0 aliphatic carbocycles. The highest BCUT2D eigenvalue weighted by molar-refractivity contribution is 7.55. The summed E-state index contributed by atoms with van der Waals surface area (Å²) < 4.78 is 10.1. The Morgan fingerprint density at radius 1 is 1.45 bits per heavy atom. The fraction of sp³-hybridized carbons (Fsp3) is 0.400. The van der Waals surface area contributed by atoms with Crippen molar-refractivity contribution in [3.05, 3.63) is 11.9 Å². The van der Waals surface area contributed by atoms with Crippen LogP contribution in [0.25, 0.3) is 0 Å². The molecule has 0 aliphatic heterocycles. The molecular weight excluding hydrogens is 171 g/mol. The lowest BCUT2D eigenvalue weighted by Gasteiger charge is -1.92. The Balaban J connectivity index is 3.63. The van der Waals surface area contributed by atoms with Gasteiger partial charge in [-0.05, 0) is 6.42 Å². The Morgan fingerprint density at radius 2 is 2.00 bits per heavy atom. The molecule has 0 bridgehead atoms. The molecule has 64 valence electrons. The average Bonchev–Trinajstić information content (AvgIpc) is 1.78. The fourth-order valence-electron chi connectivity index (χ4n) is 0.419. The molecular formula is C5H9O5P. The molecule has 0 amide bonds. The summed E-state index contributed by atoms with van der Waals surface area (Å²) in [5.74, 6) is -0.281. The van der Waals surface area contributed by atoms with Crippen LogP contribution in [0.1, 0.15) is 12.8 Å². The number of hydrogen-bond donors (Lipinski definition) is 3. The minimum Gasteiger partial charge on any atom is -0.481 e. The summed E-state index contributed by atoms with van der Waals surface area (Å²) in [4.78, 5) is 26.4. The van der Waals surface area contributed by atoms with Crippen LogP contribution in [0.2, 0.25) is 0 Å². The largest absolute Gasteiger partial charge is 0.481 e. The zero-order chi connectivity index (χ0) is 8.91. The van der Waals surface area contributed by atoms with Gasteiger partial charge in [-0.25, -0.2) is 0 Å². The third kappa shape index (κ3) is 9.36. The van der Waals surface area contributed by atoms with Crippen molar-refractivity contribution < 1.29 is 24.3 Å². The Morgan fingerprint density at radius 3 is 2.36 bits per heavy atom. The van der Waals surface area contributed by atoms with Crippen LogP contribution in [-0.2, 0) is 9.36 Å². The van der Waals surface area contributed by atoms with Gasteiger partial charge < -0.3 is 14.9 Å².